The van der Waals surface area contributed by atoms with Crippen LogP contribution in [0.2, 0.25) is 0 Å². The van der Waals surface area contributed by atoms with Crippen molar-refractivity contribution in [3.05, 3.63) is 68.8 Å². The second kappa shape index (κ2) is 9.25. The fourth-order valence-corrected chi connectivity index (χ4v) is 5.34. The summed E-state index contributed by atoms with van der Waals surface area (Å²) in [5.74, 6) is 0. The Morgan fingerprint density at radius 3 is 1.87 bits per heavy atom. The molecule has 30 heavy (non-hydrogen) atoms. The van der Waals surface area contributed by atoms with Crippen molar-refractivity contribution in [2.75, 3.05) is 6.54 Å². The molecule has 2 rings (SSSR count). The average Bonchev–Trinajstić information content (AvgIpc) is 2.70. The molecule has 0 saturated heterocycles. The fourth-order valence-electron chi connectivity index (χ4n) is 2.59. The molecule has 2 aromatic rings. The number of rotatable bonds is 10. The van der Waals surface area contributed by atoms with Crippen LogP contribution >= 0.6 is 0 Å². The van der Waals surface area contributed by atoms with Gasteiger partial charge in [0.1, 0.15) is 10.3 Å². The minimum atomic E-state index is -4.23. The van der Waals surface area contributed by atoms with Crippen LogP contribution in [0.5, 0.6) is 0 Å². The lowest BCUT2D eigenvalue weighted by Crippen LogP contribution is -2.33. The van der Waals surface area contributed by atoms with E-state index in [2.05, 4.69) is 4.72 Å². The van der Waals surface area contributed by atoms with Crippen LogP contribution in [-0.4, -0.2) is 38.6 Å². The van der Waals surface area contributed by atoms with Crippen molar-refractivity contribution in [3.63, 3.8) is 0 Å². The Morgan fingerprint density at radius 2 is 1.33 bits per heavy atom. The van der Waals surface area contributed by atoms with Gasteiger partial charge >= 0.3 is 0 Å². The first-order valence-corrected chi connectivity index (χ1v) is 11.5. The summed E-state index contributed by atoms with van der Waals surface area (Å²) in [6.07, 6.45) is -0.228. The maximum Gasteiger partial charge on any atom is 0.289 e. The molecule has 1 unspecified atom stereocenters. The number of nitro groups is 2. The molecule has 0 saturated carbocycles. The molecule has 0 aliphatic carbocycles. The molecule has 0 heterocycles. The van der Waals surface area contributed by atoms with Crippen LogP contribution in [-0.2, 0) is 19.9 Å². The summed E-state index contributed by atoms with van der Waals surface area (Å²) >= 11 is 0. The minimum absolute atomic E-state index is 0.0269. The molecule has 0 amide bonds. The van der Waals surface area contributed by atoms with E-state index in [1.165, 1.54) is 24.3 Å². The summed E-state index contributed by atoms with van der Waals surface area (Å²) in [6.45, 7) is -0.242. The predicted molar refractivity (Wildman–Crippen MR) is 106 cm³/mol. The maximum absolute atomic E-state index is 12.5. The van der Waals surface area contributed by atoms with Gasteiger partial charge in [0.25, 0.3) is 11.4 Å². The lowest BCUT2D eigenvalue weighted by molar-refractivity contribution is -0.388. The Kier molecular flexibility index (Phi) is 7.20. The zero-order chi connectivity index (χ0) is 22.5. The summed E-state index contributed by atoms with van der Waals surface area (Å²) in [5.41, 5.74) is 4.50. The predicted octanol–water partition coefficient (Wildman–Crippen LogP) is 1.32. The number of hydrogen-bond acceptors (Lipinski definition) is 9. The number of nitro benzene ring substituents is 2. The lowest BCUT2D eigenvalue weighted by Gasteiger charge is -2.13. The molecule has 1 atom stereocenters. The van der Waals surface area contributed by atoms with E-state index in [-0.39, 0.29) is 19.4 Å². The van der Waals surface area contributed by atoms with Crippen LogP contribution in [0.15, 0.2) is 58.3 Å². The van der Waals surface area contributed by atoms with E-state index in [0.717, 1.165) is 24.3 Å². The van der Waals surface area contributed by atoms with Gasteiger partial charge in [-0.2, -0.15) is 0 Å². The highest BCUT2D eigenvalue weighted by Gasteiger charge is 2.31. The van der Waals surface area contributed by atoms with E-state index >= 15 is 0 Å². The molecule has 12 nitrogen and oxygen atoms in total. The monoisotopic (exact) mass is 458 g/mol. The highest BCUT2D eigenvalue weighted by atomic mass is 32.2. The normalized spacial score (nSPS) is 13.0. The van der Waals surface area contributed by atoms with Gasteiger partial charge in [0.2, 0.25) is 19.9 Å². The number of nitrogens with zero attached hydrogens (tertiary/aromatic N) is 2. The summed E-state index contributed by atoms with van der Waals surface area (Å²) in [4.78, 5) is 19.3. The standard InChI is InChI=1S/C16H18N4O8S2/c17-16(29(25,26)14-8-3-1-6-12(14)19(21)22)10-5-11-18-30(27,28)15-9-4-2-7-13(15)20(23)24/h1-4,6-9,16,18H,5,10-11,17H2. The number of nitrogens with two attached hydrogens (primary N) is 1. The summed E-state index contributed by atoms with van der Waals surface area (Å²) in [6, 6.07) is 9.54. The van der Waals surface area contributed by atoms with Crippen molar-refractivity contribution >= 4 is 31.2 Å². The third kappa shape index (κ3) is 5.15. The SMILES string of the molecule is NC(CCCNS(=O)(=O)c1ccccc1[N+](=O)[O-])S(=O)(=O)c1ccccc1[N+](=O)[O-]. The largest absolute Gasteiger partial charge is 0.315 e. The van der Waals surface area contributed by atoms with Crippen molar-refractivity contribution in [2.45, 2.75) is 28.0 Å². The van der Waals surface area contributed by atoms with Gasteiger partial charge in [0.05, 0.1) is 9.85 Å². The number of hydrogen-bond donors (Lipinski definition) is 2. The molecule has 0 radical (unpaired) electrons. The van der Waals surface area contributed by atoms with Gasteiger partial charge in [0, 0.05) is 18.7 Å². The van der Waals surface area contributed by atoms with Gasteiger partial charge < -0.3 is 5.73 Å². The van der Waals surface area contributed by atoms with Crippen LogP contribution in [0.3, 0.4) is 0 Å². The smallest absolute Gasteiger partial charge is 0.289 e. The quantitative estimate of drug-likeness (QED) is 0.300. The van der Waals surface area contributed by atoms with E-state index in [0.29, 0.717) is 0 Å². The number of nitrogens with one attached hydrogen (secondary N) is 1. The van der Waals surface area contributed by atoms with E-state index < -0.39 is 56.2 Å². The molecule has 3 N–H and O–H groups in total. The lowest BCUT2D eigenvalue weighted by atomic mass is 10.3. The molecule has 0 aromatic heterocycles. The molecule has 2 aromatic carbocycles. The highest BCUT2D eigenvalue weighted by molar-refractivity contribution is 7.92. The van der Waals surface area contributed by atoms with E-state index in [9.17, 15) is 37.1 Å². The van der Waals surface area contributed by atoms with Crippen LogP contribution in [0.1, 0.15) is 12.8 Å². The Balaban J connectivity index is 2.06. The number of para-hydroxylation sites is 2. The van der Waals surface area contributed by atoms with Crippen LogP contribution < -0.4 is 10.5 Å². The Hall–Kier alpha value is -2.94. The van der Waals surface area contributed by atoms with Crippen molar-refractivity contribution in [1.29, 1.82) is 0 Å². The second-order valence-electron chi connectivity index (χ2n) is 6.07. The zero-order valence-electron chi connectivity index (χ0n) is 15.4. The minimum Gasteiger partial charge on any atom is -0.315 e. The van der Waals surface area contributed by atoms with Gasteiger partial charge in [-0.15, -0.1) is 0 Å². The van der Waals surface area contributed by atoms with Gasteiger partial charge in [-0.25, -0.2) is 21.6 Å². The second-order valence-corrected chi connectivity index (χ2v) is 9.94. The Bertz CT molecular complexity index is 1170. The van der Waals surface area contributed by atoms with Gasteiger partial charge in [0.15, 0.2) is 4.90 Å². The van der Waals surface area contributed by atoms with E-state index in [1.54, 1.807) is 0 Å². The number of benzene rings is 2. The molecule has 0 spiro atoms. The third-order valence-electron chi connectivity index (χ3n) is 4.08. The van der Waals surface area contributed by atoms with Crippen molar-refractivity contribution < 1.29 is 26.7 Å². The topological polar surface area (TPSA) is 193 Å². The molecule has 0 aliphatic heterocycles. The zero-order valence-corrected chi connectivity index (χ0v) is 17.0. The molecule has 0 aliphatic rings. The number of sulfonamides is 1. The first-order valence-electron chi connectivity index (χ1n) is 8.44. The molecule has 14 heteroatoms. The average molecular weight is 458 g/mol. The van der Waals surface area contributed by atoms with Crippen molar-refractivity contribution in [2.24, 2.45) is 5.73 Å². The molecule has 162 valence electrons. The maximum atomic E-state index is 12.5. The van der Waals surface area contributed by atoms with Gasteiger partial charge in [-0.3, -0.25) is 20.2 Å². The van der Waals surface area contributed by atoms with Gasteiger partial charge in [-0.05, 0) is 25.0 Å². The van der Waals surface area contributed by atoms with Gasteiger partial charge in [-0.1, -0.05) is 24.3 Å². The summed E-state index contributed by atoms with van der Waals surface area (Å²) in [5, 5.41) is 20.5. The third-order valence-corrected chi connectivity index (χ3v) is 7.58. The van der Waals surface area contributed by atoms with Crippen LogP contribution in [0.25, 0.3) is 0 Å². The van der Waals surface area contributed by atoms with Crippen LogP contribution in [0.4, 0.5) is 11.4 Å². The summed E-state index contributed by atoms with van der Waals surface area (Å²) < 4.78 is 51.8. The van der Waals surface area contributed by atoms with Crippen molar-refractivity contribution in [3.8, 4) is 0 Å². The van der Waals surface area contributed by atoms with E-state index in [4.69, 9.17) is 5.73 Å². The first kappa shape index (κ1) is 23.3. The first-order chi connectivity index (χ1) is 14.0. The van der Waals surface area contributed by atoms with Crippen molar-refractivity contribution in [1.82, 2.24) is 4.72 Å². The molecule has 0 fully saturated rings. The Labute approximate surface area is 172 Å². The molecular formula is C16H18N4O8S2. The fraction of sp³-hybridized carbons (Fsp3) is 0.250. The molecular weight excluding hydrogens is 440 g/mol. The number of sulfone groups is 1. The van der Waals surface area contributed by atoms with Crippen LogP contribution in [0, 0.1) is 20.2 Å². The Morgan fingerprint density at radius 1 is 0.867 bits per heavy atom. The highest BCUT2D eigenvalue weighted by Crippen LogP contribution is 2.27. The van der Waals surface area contributed by atoms with E-state index in [1.807, 2.05) is 0 Å². The molecule has 0 bridgehead atoms. The summed E-state index contributed by atoms with van der Waals surface area (Å²) in [7, 11) is -8.44.